The van der Waals surface area contributed by atoms with Crippen LogP contribution in [-0.2, 0) is 28.6 Å². The molecule has 350 valence electrons. The van der Waals surface area contributed by atoms with E-state index in [2.05, 4.69) is 20.8 Å². The molecule has 0 saturated heterocycles. The van der Waals surface area contributed by atoms with Gasteiger partial charge in [-0.3, -0.25) is 14.4 Å². The van der Waals surface area contributed by atoms with Crippen LogP contribution >= 0.6 is 0 Å². The fourth-order valence-electron chi connectivity index (χ4n) is 8.09. The van der Waals surface area contributed by atoms with Crippen molar-refractivity contribution in [2.45, 2.75) is 309 Å². The summed E-state index contributed by atoms with van der Waals surface area (Å²) in [6.07, 6.45) is 52.7. The molecule has 6 nitrogen and oxygen atoms in total. The Labute approximate surface area is 368 Å². The Morgan fingerprint density at radius 2 is 0.458 bits per heavy atom. The van der Waals surface area contributed by atoms with Crippen LogP contribution in [0.2, 0.25) is 0 Å². The van der Waals surface area contributed by atoms with Crippen molar-refractivity contribution in [1.82, 2.24) is 0 Å². The highest BCUT2D eigenvalue weighted by Gasteiger charge is 2.19. The Morgan fingerprint density at radius 1 is 0.271 bits per heavy atom. The summed E-state index contributed by atoms with van der Waals surface area (Å²) in [6, 6.07) is 0. The van der Waals surface area contributed by atoms with Crippen LogP contribution in [0.5, 0.6) is 0 Å². The van der Waals surface area contributed by atoms with E-state index in [0.29, 0.717) is 19.3 Å². The van der Waals surface area contributed by atoms with Crippen molar-refractivity contribution in [2.75, 3.05) is 13.2 Å². The third-order valence-electron chi connectivity index (χ3n) is 12.1. The SMILES string of the molecule is CCCCCCCCCCCCCCCCCCCCCCCCCCC(=O)OCC(COC(=O)CCCCCCCC)OC(=O)CCCCCCCCCCCCC. The van der Waals surface area contributed by atoms with Crippen LogP contribution in [0.15, 0.2) is 0 Å². The third-order valence-corrected chi connectivity index (χ3v) is 12.1. The Balaban J connectivity index is 4.00. The summed E-state index contributed by atoms with van der Waals surface area (Å²) in [4.78, 5) is 37.6. The van der Waals surface area contributed by atoms with E-state index in [1.54, 1.807) is 0 Å². The lowest BCUT2D eigenvalue weighted by Gasteiger charge is -2.18. The predicted molar refractivity (Wildman–Crippen MR) is 252 cm³/mol. The quantitative estimate of drug-likeness (QED) is 0.0345. The number of esters is 3. The third kappa shape index (κ3) is 47.3. The zero-order valence-corrected chi connectivity index (χ0v) is 40.1. The topological polar surface area (TPSA) is 78.9 Å². The fraction of sp³-hybridized carbons (Fsp3) is 0.943. The first-order valence-corrected chi connectivity index (χ1v) is 26.5. The zero-order chi connectivity index (χ0) is 43.0. The minimum absolute atomic E-state index is 0.0630. The van der Waals surface area contributed by atoms with E-state index in [1.807, 2.05) is 0 Å². The molecule has 0 aromatic heterocycles. The molecule has 6 heteroatoms. The Morgan fingerprint density at radius 3 is 0.678 bits per heavy atom. The molecule has 0 radical (unpaired) electrons. The zero-order valence-electron chi connectivity index (χ0n) is 40.1. The average molecular weight is 835 g/mol. The normalized spacial score (nSPS) is 11.8. The van der Waals surface area contributed by atoms with Gasteiger partial charge in [0.2, 0.25) is 0 Å². The van der Waals surface area contributed by atoms with Gasteiger partial charge in [0.15, 0.2) is 6.10 Å². The highest BCUT2D eigenvalue weighted by molar-refractivity contribution is 5.71. The minimum Gasteiger partial charge on any atom is -0.462 e. The Bertz CT molecular complexity index is 874. The number of carbonyl (C=O) groups excluding carboxylic acids is 3. The van der Waals surface area contributed by atoms with Crippen LogP contribution in [0, 0.1) is 0 Å². The molecule has 0 rings (SSSR count). The summed E-state index contributed by atoms with van der Waals surface area (Å²) in [5.74, 6) is -0.856. The summed E-state index contributed by atoms with van der Waals surface area (Å²) in [7, 11) is 0. The Hall–Kier alpha value is -1.59. The molecular weight excluding hydrogens is 733 g/mol. The van der Waals surface area contributed by atoms with Crippen LogP contribution in [0.3, 0.4) is 0 Å². The molecular formula is C53H102O6. The molecule has 0 aliphatic carbocycles. The summed E-state index contributed by atoms with van der Waals surface area (Å²) in [5.41, 5.74) is 0. The number of hydrogen-bond donors (Lipinski definition) is 0. The maximum atomic E-state index is 12.7. The van der Waals surface area contributed by atoms with Crippen LogP contribution < -0.4 is 0 Å². The van der Waals surface area contributed by atoms with Gasteiger partial charge in [-0.2, -0.15) is 0 Å². The lowest BCUT2D eigenvalue weighted by molar-refractivity contribution is -0.167. The molecule has 0 N–H and O–H groups in total. The summed E-state index contributed by atoms with van der Waals surface area (Å²) in [5, 5.41) is 0. The second kappa shape index (κ2) is 49.1. The largest absolute Gasteiger partial charge is 0.462 e. The molecule has 0 saturated carbocycles. The smallest absolute Gasteiger partial charge is 0.306 e. The molecule has 0 bridgehead atoms. The van der Waals surface area contributed by atoms with Gasteiger partial charge in [-0.25, -0.2) is 0 Å². The second-order valence-electron chi connectivity index (χ2n) is 18.2. The predicted octanol–water partition coefficient (Wildman–Crippen LogP) is 17.2. The van der Waals surface area contributed by atoms with Gasteiger partial charge in [-0.1, -0.05) is 265 Å². The second-order valence-corrected chi connectivity index (χ2v) is 18.2. The molecule has 1 atom stereocenters. The molecule has 0 spiro atoms. The Kier molecular flexibility index (Phi) is 47.7. The van der Waals surface area contributed by atoms with Crippen LogP contribution in [-0.4, -0.2) is 37.2 Å². The number of ether oxygens (including phenoxy) is 3. The number of hydrogen-bond acceptors (Lipinski definition) is 6. The minimum atomic E-state index is -0.758. The van der Waals surface area contributed by atoms with E-state index < -0.39 is 6.10 Å². The van der Waals surface area contributed by atoms with E-state index in [4.69, 9.17) is 14.2 Å². The molecule has 0 fully saturated rings. The molecule has 0 heterocycles. The number of rotatable bonds is 49. The molecule has 0 aromatic carbocycles. The van der Waals surface area contributed by atoms with Gasteiger partial charge in [0.1, 0.15) is 13.2 Å². The van der Waals surface area contributed by atoms with Gasteiger partial charge in [-0.05, 0) is 19.3 Å². The highest BCUT2D eigenvalue weighted by atomic mass is 16.6. The molecule has 0 amide bonds. The van der Waals surface area contributed by atoms with Gasteiger partial charge in [0, 0.05) is 19.3 Å². The van der Waals surface area contributed by atoms with Gasteiger partial charge >= 0.3 is 17.9 Å². The highest BCUT2D eigenvalue weighted by Crippen LogP contribution is 2.17. The number of carbonyl (C=O) groups is 3. The first kappa shape index (κ1) is 57.4. The van der Waals surface area contributed by atoms with Crippen molar-refractivity contribution in [3.05, 3.63) is 0 Å². The summed E-state index contributed by atoms with van der Waals surface area (Å²) < 4.78 is 16.7. The van der Waals surface area contributed by atoms with Crippen LogP contribution in [0.25, 0.3) is 0 Å². The first-order valence-electron chi connectivity index (χ1n) is 26.5. The van der Waals surface area contributed by atoms with E-state index >= 15 is 0 Å². The van der Waals surface area contributed by atoms with Crippen molar-refractivity contribution in [3.63, 3.8) is 0 Å². The molecule has 59 heavy (non-hydrogen) atoms. The van der Waals surface area contributed by atoms with Crippen molar-refractivity contribution >= 4 is 17.9 Å². The van der Waals surface area contributed by atoms with Gasteiger partial charge < -0.3 is 14.2 Å². The molecule has 0 aliphatic rings. The maximum Gasteiger partial charge on any atom is 0.306 e. The van der Waals surface area contributed by atoms with Crippen molar-refractivity contribution < 1.29 is 28.6 Å². The van der Waals surface area contributed by atoms with Gasteiger partial charge in [0.25, 0.3) is 0 Å². The summed E-state index contributed by atoms with van der Waals surface area (Å²) >= 11 is 0. The molecule has 0 aromatic rings. The molecule has 1 unspecified atom stereocenters. The van der Waals surface area contributed by atoms with Gasteiger partial charge in [0.05, 0.1) is 0 Å². The summed E-state index contributed by atoms with van der Waals surface area (Å²) in [6.45, 7) is 6.61. The lowest BCUT2D eigenvalue weighted by atomic mass is 10.0. The van der Waals surface area contributed by atoms with E-state index in [1.165, 1.54) is 205 Å². The first-order chi connectivity index (χ1) is 29.0. The maximum absolute atomic E-state index is 12.7. The van der Waals surface area contributed by atoms with Gasteiger partial charge in [-0.15, -0.1) is 0 Å². The van der Waals surface area contributed by atoms with E-state index in [9.17, 15) is 14.4 Å². The van der Waals surface area contributed by atoms with Crippen LogP contribution in [0.1, 0.15) is 303 Å². The standard InChI is InChI=1S/C53H102O6/c1-4-7-10-13-16-18-20-21-22-23-24-25-26-27-28-29-30-31-32-34-35-37-40-43-46-52(55)58-49-50(48-57-51(54)45-42-39-15-12-9-6-3)59-53(56)47-44-41-38-36-33-19-17-14-11-8-5-2/h50H,4-49H2,1-3H3. The average Bonchev–Trinajstić information content (AvgIpc) is 3.23. The number of unbranched alkanes of at least 4 members (excludes halogenated alkanes) is 38. The van der Waals surface area contributed by atoms with Crippen molar-refractivity contribution in [3.8, 4) is 0 Å². The monoisotopic (exact) mass is 835 g/mol. The molecule has 0 aliphatic heterocycles. The van der Waals surface area contributed by atoms with Crippen molar-refractivity contribution in [1.29, 1.82) is 0 Å². The van der Waals surface area contributed by atoms with E-state index in [0.717, 1.165) is 57.8 Å². The van der Waals surface area contributed by atoms with Crippen LogP contribution in [0.4, 0.5) is 0 Å². The van der Waals surface area contributed by atoms with E-state index in [-0.39, 0.29) is 31.1 Å². The fourth-order valence-corrected chi connectivity index (χ4v) is 8.09. The lowest BCUT2D eigenvalue weighted by Crippen LogP contribution is -2.30. The van der Waals surface area contributed by atoms with Crippen molar-refractivity contribution in [2.24, 2.45) is 0 Å².